The average Bonchev–Trinajstić information content (AvgIpc) is 2.17. The first kappa shape index (κ1) is 7.14. The molecule has 0 spiro atoms. The lowest BCUT2D eigenvalue weighted by Crippen LogP contribution is -2.09. The Balaban J connectivity index is 2.14. The van der Waals surface area contributed by atoms with Gasteiger partial charge in [0, 0.05) is 6.00 Å². The minimum atomic E-state index is 0.0292. The highest BCUT2D eigenvalue weighted by atomic mass is 16.5. The number of rotatable bonds is 2. The van der Waals surface area contributed by atoms with Crippen molar-refractivity contribution in [1.29, 1.82) is 0 Å². The van der Waals surface area contributed by atoms with Gasteiger partial charge in [-0.15, -0.1) is 0 Å². The Morgan fingerprint density at radius 2 is 2.33 bits per heavy atom. The Morgan fingerprint density at radius 1 is 1.56 bits per heavy atom. The molecule has 0 aromatic carbocycles. The number of hydrogen-bond donors (Lipinski definition) is 0. The second kappa shape index (κ2) is 3.26. The molecule has 0 N–H and O–H groups in total. The maximum Gasteiger partial charge on any atom is 0.109 e. The summed E-state index contributed by atoms with van der Waals surface area (Å²) < 4.78 is 5.38. The maximum absolute atomic E-state index is 5.53. The van der Waals surface area contributed by atoms with E-state index < -0.39 is 0 Å². The Kier molecular flexibility index (Phi) is 2.58. The summed E-state index contributed by atoms with van der Waals surface area (Å²) in [6, 6.07) is 0.0292. The fourth-order valence-corrected chi connectivity index (χ4v) is 1.27. The van der Waals surface area contributed by atoms with Gasteiger partial charge in [-0.2, -0.15) is 0 Å². The molecule has 0 bridgehead atoms. The molecule has 1 rings (SSSR count). The molecular formula is C7H13BO. The van der Waals surface area contributed by atoms with Gasteiger partial charge in [-0.25, -0.2) is 0 Å². The molecule has 2 unspecified atom stereocenters. The molecule has 1 fully saturated rings. The van der Waals surface area contributed by atoms with Crippen LogP contribution in [0, 0.1) is 0 Å². The summed E-state index contributed by atoms with van der Waals surface area (Å²) in [4.78, 5) is 0. The molecule has 0 aromatic rings. The monoisotopic (exact) mass is 124 g/mol. The number of hydrogen-bond acceptors (Lipinski definition) is 1. The third-order valence-electron chi connectivity index (χ3n) is 1.75. The normalized spacial score (nSPS) is 35.2. The highest BCUT2D eigenvalue weighted by Crippen LogP contribution is 2.20. The molecule has 1 aliphatic heterocycles. The van der Waals surface area contributed by atoms with E-state index in [-0.39, 0.29) is 6.00 Å². The van der Waals surface area contributed by atoms with Gasteiger partial charge in [0.1, 0.15) is 7.85 Å². The molecule has 9 heavy (non-hydrogen) atoms. The highest BCUT2D eigenvalue weighted by Gasteiger charge is 2.19. The topological polar surface area (TPSA) is 9.23 Å². The van der Waals surface area contributed by atoms with Crippen molar-refractivity contribution in [1.82, 2.24) is 0 Å². The molecule has 0 amide bonds. The SMILES string of the molecule is [B]C1CCC(CCC)O1. The van der Waals surface area contributed by atoms with Gasteiger partial charge in [0.2, 0.25) is 0 Å². The highest BCUT2D eigenvalue weighted by molar-refractivity contribution is 6.11. The number of ether oxygens (including phenoxy) is 1. The predicted octanol–water partition coefficient (Wildman–Crippen LogP) is 1.46. The van der Waals surface area contributed by atoms with E-state index >= 15 is 0 Å². The molecule has 1 nitrogen and oxygen atoms in total. The zero-order chi connectivity index (χ0) is 6.69. The lowest BCUT2D eigenvalue weighted by molar-refractivity contribution is 0.0816. The molecule has 1 heterocycles. The van der Waals surface area contributed by atoms with Crippen LogP contribution in [0.5, 0.6) is 0 Å². The maximum atomic E-state index is 5.53. The van der Waals surface area contributed by atoms with Crippen molar-refractivity contribution in [2.24, 2.45) is 0 Å². The van der Waals surface area contributed by atoms with Crippen molar-refractivity contribution in [3.8, 4) is 0 Å². The van der Waals surface area contributed by atoms with Crippen LogP contribution in [0.3, 0.4) is 0 Å². The quantitative estimate of drug-likeness (QED) is 0.506. The molecule has 0 aromatic heterocycles. The molecular weight excluding hydrogens is 111 g/mol. The molecule has 2 atom stereocenters. The van der Waals surface area contributed by atoms with Crippen LogP contribution in [0.1, 0.15) is 32.6 Å². The Labute approximate surface area is 58.2 Å². The van der Waals surface area contributed by atoms with Crippen LogP contribution in [0.2, 0.25) is 0 Å². The van der Waals surface area contributed by atoms with Crippen LogP contribution in [-0.2, 0) is 4.74 Å². The largest absolute Gasteiger partial charge is 0.385 e. The first-order valence-electron chi connectivity index (χ1n) is 3.74. The van der Waals surface area contributed by atoms with Gasteiger partial charge < -0.3 is 4.74 Å². The fourth-order valence-electron chi connectivity index (χ4n) is 1.27. The van der Waals surface area contributed by atoms with E-state index in [4.69, 9.17) is 12.6 Å². The third kappa shape index (κ3) is 2.01. The summed E-state index contributed by atoms with van der Waals surface area (Å²) in [5.41, 5.74) is 0. The summed E-state index contributed by atoms with van der Waals surface area (Å²) >= 11 is 0. The summed E-state index contributed by atoms with van der Waals surface area (Å²) in [5.74, 6) is 0. The van der Waals surface area contributed by atoms with Crippen LogP contribution in [0.25, 0.3) is 0 Å². The second-order valence-electron chi connectivity index (χ2n) is 2.66. The van der Waals surface area contributed by atoms with Crippen LogP contribution >= 0.6 is 0 Å². The Hall–Kier alpha value is 0.0249. The first-order chi connectivity index (χ1) is 4.33. The van der Waals surface area contributed by atoms with E-state index in [1.54, 1.807) is 0 Å². The lowest BCUT2D eigenvalue weighted by Gasteiger charge is -2.08. The smallest absolute Gasteiger partial charge is 0.109 e. The molecule has 50 valence electrons. The van der Waals surface area contributed by atoms with Crippen molar-refractivity contribution in [3.63, 3.8) is 0 Å². The van der Waals surface area contributed by atoms with E-state index in [2.05, 4.69) is 6.92 Å². The van der Waals surface area contributed by atoms with Crippen molar-refractivity contribution in [2.45, 2.75) is 44.7 Å². The second-order valence-corrected chi connectivity index (χ2v) is 2.66. The summed E-state index contributed by atoms with van der Waals surface area (Å²) in [7, 11) is 5.53. The first-order valence-corrected chi connectivity index (χ1v) is 3.74. The van der Waals surface area contributed by atoms with Crippen molar-refractivity contribution < 1.29 is 4.74 Å². The van der Waals surface area contributed by atoms with Crippen LogP contribution in [0.4, 0.5) is 0 Å². The van der Waals surface area contributed by atoms with E-state index in [0.29, 0.717) is 6.10 Å². The summed E-state index contributed by atoms with van der Waals surface area (Å²) in [6.45, 7) is 2.17. The van der Waals surface area contributed by atoms with Crippen LogP contribution in [0.15, 0.2) is 0 Å². The zero-order valence-corrected chi connectivity index (χ0v) is 5.97. The summed E-state index contributed by atoms with van der Waals surface area (Å²) in [6.07, 6.45) is 5.05. The van der Waals surface area contributed by atoms with E-state index in [1.807, 2.05) is 0 Å². The van der Waals surface area contributed by atoms with E-state index in [9.17, 15) is 0 Å². The van der Waals surface area contributed by atoms with Gasteiger partial charge in [0.25, 0.3) is 0 Å². The third-order valence-corrected chi connectivity index (χ3v) is 1.75. The van der Waals surface area contributed by atoms with Gasteiger partial charge in [0.15, 0.2) is 0 Å². The van der Waals surface area contributed by atoms with Gasteiger partial charge in [-0.05, 0) is 19.3 Å². The van der Waals surface area contributed by atoms with Crippen LogP contribution in [-0.4, -0.2) is 20.0 Å². The van der Waals surface area contributed by atoms with Crippen LogP contribution < -0.4 is 0 Å². The Morgan fingerprint density at radius 3 is 2.78 bits per heavy atom. The van der Waals surface area contributed by atoms with Crippen molar-refractivity contribution >= 4 is 7.85 Å². The average molecular weight is 124 g/mol. The van der Waals surface area contributed by atoms with Gasteiger partial charge >= 0.3 is 0 Å². The fraction of sp³-hybridized carbons (Fsp3) is 1.00. The molecule has 2 radical (unpaired) electrons. The van der Waals surface area contributed by atoms with Crippen molar-refractivity contribution in [2.75, 3.05) is 0 Å². The van der Waals surface area contributed by atoms with E-state index in [1.165, 1.54) is 12.8 Å². The molecule has 2 heteroatoms. The minimum Gasteiger partial charge on any atom is -0.385 e. The molecule has 0 aliphatic carbocycles. The van der Waals surface area contributed by atoms with E-state index in [0.717, 1.165) is 12.8 Å². The molecule has 1 saturated heterocycles. The van der Waals surface area contributed by atoms with Gasteiger partial charge in [0.05, 0.1) is 6.10 Å². The van der Waals surface area contributed by atoms with Crippen molar-refractivity contribution in [3.05, 3.63) is 0 Å². The predicted molar refractivity (Wildman–Crippen MR) is 38.6 cm³/mol. The zero-order valence-electron chi connectivity index (χ0n) is 5.97. The summed E-state index contributed by atoms with van der Waals surface area (Å²) in [5, 5.41) is 0. The lowest BCUT2D eigenvalue weighted by atomic mass is 9.97. The van der Waals surface area contributed by atoms with Gasteiger partial charge in [-0.1, -0.05) is 13.3 Å². The molecule has 0 saturated carbocycles. The minimum absolute atomic E-state index is 0.0292. The molecule has 1 aliphatic rings. The Bertz CT molecular complexity index is 83.0. The standard InChI is InChI=1S/C7H13BO/c1-2-3-6-4-5-7(8)9-6/h6-7H,2-5H2,1H3. The van der Waals surface area contributed by atoms with Gasteiger partial charge in [-0.3, -0.25) is 0 Å².